The van der Waals surface area contributed by atoms with Gasteiger partial charge in [-0.2, -0.15) is 0 Å². The van der Waals surface area contributed by atoms with Gasteiger partial charge in [-0.1, -0.05) is 49.3 Å². The van der Waals surface area contributed by atoms with Gasteiger partial charge in [-0.25, -0.2) is 0 Å². The smallest absolute Gasteiger partial charge is 0.220 e. The number of hydrogen-bond donors (Lipinski definition) is 1. The van der Waals surface area contributed by atoms with E-state index in [0.29, 0.717) is 6.54 Å². The lowest BCUT2D eigenvalue weighted by atomic mass is 9.74. The molecule has 5 heteroatoms. The van der Waals surface area contributed by atoms with Crippen LogP contribution in [0.2, 0.25) is 0 Å². The maximum atomic E-state index is 12.4. The number of hydrogen-bond acceptors (Lipinski definition) is 3. The Hall–Kier alpha value is -2.14. The van der Waals surface area contributed by atoms with Gasteiger partial charge < -0.3 is 14.9 Å². The second-order valence-electron chi connectivity index (χ2n) is 8.05. The van der Waals surface area contributed by atoms with Crippen LogP contribution in [0.15, 0.2) is 30.3 Å². The lowest BCUT2D eigenvalue weighted by molar-refractivity contribution is -0.153. The van der Waals surface area contributed by atoms with Crippen molar-refractivity contribution >= 4 is 17.9 Å². The number of likely N-dealkylation sites (tertiary alicyclic amines) is 1. The summed E-state index contributed by atoms with van der Waals surface area (Å²) in [4.78, 5) is 28.4. The molecule has 1 aliphatic heterocycles. The van der Waals surface area contributed by atoms with E-state index < -0.39 is 0 Å². The minimum absolute atomic E-state index is 0.0387. The zero-order valence-corrected chi connectivity index (χ0v) is 17.2. The first-order valence-electron chi connectivity index (χ1n) is 10.4. The molecule has 2 fully saturated rings. The number of carbonyl (C=O) groups excluding carboxylic acids is 2. The summed E-state index contributed by atoms with van der Waals surface area (Å²) in [6, 6.07) is 8.26. The molecule has 3 rings (SSSR count). The number of aliphatic hydroxyl groups is 1. The van der Waals surface area contributed by atoms with Crippen molar-refractivity contribution in [1.29, 1.82) is 0 Å². The molecule has 1 saturated heterocycles. The molecule has 1 N–H and O–H groups in total. The van der Waals surface area contributed by atoms with Crippen LogP contribution in [0.1, 0.15) is 63.5 Å². The van der Waals surface area contributed by atoms with E-state index in [1.165, 1.54) is 0 Å². The number of nitrogens with zero attached hydrogens (tertiary/aromatic N) is 2. The summed E-state index contributed by atoms with van der Waals surface area (Å²) < 4.78 is 0. The molecule has 152 valence electrons. The molecule has 0 unspecified atom stereocenters. The highest BCUT2D eigenvalue weighted by molar-refractivity contribution is 5.77. The second-order valence-corrected chi connectivity index (χ2v) is 8.05. The predicted octanol–water partition coefficient (Wildman–Crippen LogP) is 3.19. The number of aliphatic hydroxyl groups excluding tert-OH is 1. The fraction of sp³-hybridized carbons (Fsp3) is 0.565. The lowest BCUT2D eigenvalue weighted by Gasteiger charge is -2.56. The Balaban J connectivity index is 1.87. The molecule has 28 heavy (non-hydrogen) atoms. The summed E-state index contributed by atoms with van der Waals surface area (Å²) in [7, 11) is 0. The van der Waals surface area contributed by atoms with Crippen molar-refractivity contribution in [2.45, 2.75) is 70.5 Å². The molecule has 2 amide bonds. The molecule has 0 bridgehead atoms. The first-order chi connectivity index (χ1) is 13.5. The number of benzene rings is 1. The Labute approximate surface area is 168 Å². The highest BCUT2D eigenvalue weighted by Crippen LogP contribution is 2.42. The molecule has 1 aromatic rings. The van der Waals surface area contributed by atoms with E-state index in [2.05, 4.69) is 24.3 Å². The standard InChI is InChI=1S/C23H32N2O3/c1-4-7-18-10-12-19(13-11-18)23-21(25(17(3)28)22(23)15-26)14-24(16(2)27)20-8-5-6-9-20/h4,7,10-13,20-23,26H,5-6,8-9,14-15H2,1-3H3/b7-4+/t21-,22-,23-/m0/s1. The van der Waals surface area contributed by atoms with Crippen molar-refractivity contribution in [3.05, 3.63) is 41.5 Å². The summed E-state index contributed by atoms with van der Waals surface area (Å²) in [6.07, 6.45) is 8.44. The SMILES string of the molecule is C/C=C/c1ccc([C@@H]2[C@H](CO)N(C(C)=O)[C@H]2CN(C(C)=O)C2CCCC2)cc1. The Bertz CT molecular complexity index is 722. The van der Waals surface area contributed by atoms with Crippen LogP contribution < -0.4 is 0 Å². The summed E-state index contributed by atoms with van der Waals surface area (Å²) in [6.45, 7) is 5.63. The molecule has 0 spiro atoms. The van der Waals surface area contributed by atoms with Gasteiger partial charge in [-0.15, -0.1) is 0 Å². The summed E-state index contributed by atoms with van der Waals surface area (Å²) in [5.41, 5.74) is 2.24. The number of allylic oxidation sites excluding steroid dienone is 1. The zero-order valence-electron chi connectivity index (χ0n) is 17.2. The third kappa shape index (κ3) is 4.00. The normalized spacial score (nSPS) is 25.1. The molecule has 1 aliphatic carbocycles. The summed E-state index contributed by atoms with van der Waals surface area (Å²) >= 11 is 0. The Morgan fingerprint density at radius 3 is 2.29 bits per heavy atom. The van der Waals surface area contributed by atoms with E-state index in [0.717, 1.165) is 36.8 Å². The van der Waals surface area contributed by atoms with Crippen molar-refractivity contribution in [3.63, 3.8) is 0 Å². The zero-order chi connectivity index (χ0) is 20.3. The second kappa shape index (κ2) is 8.91. The largest absolute Gasteiger partial charge is 0.394 e. The Kier molecular flexibility index (Phi) is 6.55. The highest BCUT2D eigenvalue weighted by atomic mass is 16.3. The number of carbonyl (C=O) groups is 2. The molecule has 0 radical (unpaired) electrons. The first-order valence-corrected chi connectivity index (χ1v) is 10.4. The minimum Gasteiger partial charge on any atom is -0.394 e. The predicted molar refractivity (Wildman–Crippen MR) is 111 cm³/mol. The van der Waals surface area contributed by atoms with E-state index in [1.807, 2.05) is 24.0 Å². The molecule has 1 saturated carbocycles. The van der Waals surface area contributed by atoms with E-state index in [1.54, 1.807) is 18.7 Å². The quantitative estimate of drug-likeness (QED) is 0.819. The van der Waals surface area contributed by atoms with E-state index in [-0.39, 0.29) is 42.5 Å². The maximum Gasteiger partial charge on any atom is 0.220 e. The molecule has 1 heterocycles. The van der Waals surface area contributed by atoms with Crippen LogP contribution in [0.4, 0.5) is 0 Å². The fourth-order valence-corrected chi connectivity index (χ4v) is 5.04. The minimum atomic E-state index is -0.229. The molecular weight excluding hydrogens is 352 g/mol. The van der Waals surface area contributed by atoms with Crippen molar-refractivity contribution in [3.8, 4) is 0 Å². The van der Waals surface area contributed by atoms with Crippen molar-refractivity contribution in [2.75, 3.05) is 13.2 Å². The van der Waals surface area contributed by atoms with Crippen LogP contribution in [0.3, 0.4) is 0 Å². The van der Waals surface area contributed by atoms with Gasteiger partial charge in [0.1, 0.15) is 0 Å². The molecule has 3 atom stereocenters. The van der Waals surface area contributed by atoms with Gasteiger partial charge in [0.15, 0.2) is 0 Å². The third-order valence-corrected chi connectivity index (χ3v) is 6.33. The van der Waals surface area contributed by atoms with Gasteiger partial charge in [0, 0.05) is 32.4 Å². The van der Waals surface area contributed by atoms with Crippen LogP contribution in [0.25, 0.3) is 6.08 Å². The van der Waals surface area contributed by atoms with Gasteiger partial charge in [0.25, 0.3) is 0 Å². The molecular formula is C23H32N2O3. The topological polar surface area (TPSA) is 60.9 Å². The fourth-order valence-electron chi connectivity index (χ4n) is 5.04. The van der Waals surface area contributed by atoms with E-state index in [9.17, 15) is 14.7 Å². The van der Waals surface area contributed by atoms with Crippen LogP contribution in [0.5, 0.6) is 0 Å². The van der Waals surface area contributed by atoms with Crippen LogP contribution in [0, 0.1) is 0 Å². The maximum absolute atomic E-state index is 12.4. The highest BCUT2D eigenvalue weighted by Gasteiger charge is 2.51. The molecule has 1 aromatic carbocycles. The first kappa shape index (κ1) is 20.6. The van der Waals surface area contributed by atoms with Crippen molar-refractivity contribution in [2.24, 2.45) is 0 Å². The average Bonchev–Trinajstić information content (AvgIpc) is 3.16. The molecule has 0 aromatic heterocycles. The third-order valence-electron chi connectivity index (χ3n) is 6.33. The van der Waals surface area contributed by atoms with Gasteiger partial charge in [0.05, 0.1) is 18.7 Å². The molecule has 2 aliphatic rings. The number of amides is 2. The van der Waals surface area contributed by atoms with E-state index >= 15 is 0 Å². The van der Waals surface area contributed by atoms with Crippen LogP contribution in [-0.2, 0) is 9.59 Å². The van der Waals surface area contributed by atoms with E-state index in [4.69, 9.17) is 0 Å². The Morgan fingerprint density at radius 1 is 1.14 bits per heavy atom. The molecule has 5 nitrogen and oxygen atoms in total. The van der Waals surface area contributed by atoms with Gasteiger partial charge in [-0.05, 0) is 30.9 Å². The number of rotatable bonds is 6. The van der Waals surface area contributed by atoms with Crippen LogP contribution in [-0.4, -0.2) is 58.0 Å². The van der Waals surface area contributed by atoms with Gasteiger partial charge >= 0.3 is 0 Å². The van der Waals surface area contributed by atoms with Gasteiger partial charge in [-0.3, -0.25) is 9.59 Å². The average molecular weight is 385 g/mol. The van der Waals surface area contributed by atoms with Crippen molar-refractivity contribution < 1.29 is 14.7 Å². The monoisotopic (exact) mass is 384 g/mol. The van der Waals surface area contributed by atoms with Crippen LogP contribution >= 0.6 is 0 Å². The summed E-state index contributed by atoms with van der Waals surface area (Å²) in [5, 5.41) is 9.96. The van der Waals surface area contributed by atoms with Gasteiger partial charge in [0.2, 0.25) is 11.8 Å². The Morgan fingerprint density at radius 2 is 1.79 bits per heavy atom. The summed E-state index contributed by atoms with van der Waals surface area (Å²) in [5.74, 6) is 0.0719. The van der Waals surface area contributed by atoms with Crippen molar-refractivity contribution in [1.82, 2.24) is 9.80 Å². The lowest BCUT2D eigenvalue weighted by Crippen LogP contribution is -2.68.